The average molecular weight is 129 g/mol. The minimum absolute atomic E-state index is 0.0231. The fourth-order valence-electron chi connectivity index (χ4n) is 0.978. The standard InChI is InChI=1S/C6H11NO2/c1-4-5(7(4)2)6(8)9-3/h4-5H,1-3H3/t4?,5-,7?/m1/s1. The molecule has 0 aromatic carbocycles. The zero-order valence-corrected chi connectivity index (χ0v) is 5.92. The highest BCUT2D eigenvalue weighted by Crippen LogP contribution is 2.25. The molecule has 1 heterocycles. The summed E-state index contributed by atoms with van der Waals surface area (Å²) in [5.74, 6) is -0.120. The van der Waals surface area contributed by atoms with Crippen LogP contribution >= 0.6 is 0 Å². The van der Waals surface area contributed by atoms with Crippen LogP contribution in [0.25, 0.3) is 0 Å². The third-order valence-corrected chi connectivity index (χ3v) is 1.89. The maximum Gasteiger partial charge on any atom is 0.324 e. The number of ether oxygens (including phenoxy) is 1. The topological polar surface area (TPSA) is 29.3 Å². The highest BCUT2D eigenvalue weighted by molar-refractivity contribution is 5.79. The highest BCUT2D eigenvalue weighted by atomic mass is 16.5. The van der Waals surface area contributed by atoms with Gasteiger partial charge >= 0.3 is 5.97 Å². The summed E-state index contributed by atoms with van der Waals surface area (Å²) < 4.78 is 4.53. The molecule has 1 aliphatic heterocycles. The molecule has 9 heavy (non-hydrogen) atoms. The molecule has 52 valence electrons. The second kappa shape index (κ2) is 1.99. The molecule has 1 fully saturated rings. The predicted molar refractivity (Wildman–Crippen MR) is 33.0 cm³/mol. The van der Waals surface area contributed by atoms with Gasteiger partial charge in [0.15, 0.2) is 0 Å². The summed E-state index contributed by atoms with van der Waals surface area (Å²) in [6.07, 6.45) is 0. The lowest BCUT2D eigenvalue weighted by Gasteiger charge is -1.92. The number of hydrogen-bond donors (Lipinski definition) is 0. The Morgan fingerprint density at radius 1 is 1.67 bits per heavy atom. The number of carbonyl (C=O) groups is 1. The van der Waals surface area contributed by atoms with Gasteiger partial charge < -0.3 is 4.74 Å². The predicted octanol–water partition coefficient (Wildman–Crippen LogP) is -0.138. The van der Waals surface area contributed by atoms with E-state index in [1.54, 1.807) is 0 Å². The van der Waals surface area contributed by atoms with Crippen LogP contribution in [0.5, 0.6) is 0 Å². The number of esters is 1. The van der Waals surface area contributed by atoms with E-state index in [-0.39, 0.29) is 12.0 Å². The van der Waals surface area contributed by atoms with Crippen molar-refractivity contribution in [1.29, 1.82) is 0 Å². The first-order chi connectivity index (χ1) is 4.18. The van der Waals surface area contributed by atoms with E-state index in [0.29, 0.717) is 6.04 Å². The van der Waals surface area contributed by atoms with Crippen molar-refractivity contribution in [2.24, 2.45) is 0 Å². The molecule has 2 unspecified atom stereocenters. The lowest BCUT2D eigenvalue weighted by molar-refractivity contribution is -0.140. The molecule has 3 atom stereocenters. The van der Waals surface area contributed by atoms with Crippen LogP contribution in [0.2, 0.25) is 0 Å². The van der Waals surface area contributed by atoms with Crippen LogP contribution in [0, 0.1) is 0 Å². The second-order valence-corrected chi connectivity index (χ2v) is 2.37. The average Bonchev–Trinajstić information content (AvgIpc) is 2.40. The SMILES string of the molecule is COC(=O)[C@H]1C(C)N1C. The largest absolute Gasteiger partial charge is 0.468 e. The zero-order chi connectivity index (χ0) is 7.02. The molecule has 3 heteroatoms. The molecular formula is C6H11NO2. The van der Waals surface area contributed by atoms with Gasteiger partial charge in [-0.05, 0) is 14.0 Å². The van der Waals surface area contributed by atoms with Gasteiger partial charge in [-0.1, -0.05) is 0 Å². The van der Waals surface area contributed by atoms with Crippen LogP contribution in [0.15, 0.2) is 0 Å². The summed E-state index contributed by atoms with van der Waals surface area (Å²) in [5, 5.41) is 0. The first kappa shape index (κ1) is 6.55. The van der Waals surface area contributed by atoms with E-state index in [0.717, 1.165) is 0 Å². The Morgan fingerprint density at radius 2 is 2.11 bits per heavy atom. The van der Waals surface area contributed by atoms with Crippen molar-refractivity contribution in [2.75, 3.05) is 14.2 Å². The van der Waals surface area contributed by atoms with Gasteiger partial charge in [-0.25, -0.2) is 0 Å². The zero-order valence-electron chi connectivity index (χ0n) is 5.92. The Bertz CT molecular complexity index is 127. The Morgan fingerprint density at radius 3 is 2.22 bits per heavy atom. The third kappa shape index (κ3) is 0.920. The van der Waals surface area contributed by atoms with Crippen LogP contribution in [-0.2, 0) is 9.53 Å². The van der Waals surface area contributed by atoms with E-state index >= 15 is 0 Å². The molecule has 0 radical (unpaired) electrons. The van der Waals surface area contributed by atoms with Gasteiger partial charge in [0.2, 0.25) is 0 Å². The molecule has 1 rings (SSSR count). The monoisotopic (exact) mass is 129 g/mol. The van der Waals surface area contributed by atoms with Gasteiger partial charge in [0.05, 0.1) is 7.11 Å². The number of carbonyl (C=O) groups excluding carboxylic acids is 1. The van der Waals surface area contributed by atoms with Gasteiger partial charge in [0.25, 0.3) is 0 Å². The maximum absolute atomic E-state index is 10.7. The lowest BCUT2D eigenvalue weighted by Crippen LogP contribution is -2.12. The molecule has 0 saturated carbocycles. The molecule has 1 saturated heterocycles. The molecule has 1 aliphatic rings. The van der Waals surface area contributed by atoms with Gasteiger partial charge in [0.1, 0.15) is 6.04 Å². The number of nitrogens with zero attached hydrogens (tertiary/aromatic N) is 1. The molecule has 3 nitrogen and oxygen atoms in total. The van der Waals surface area contributed by atoms with Crippen molar-refractivity contribution in [1.82, 2.24) is 4.90 Å². The molecule has 0 amide bonds. The van der Waals surface area contributed by atoms with Crippen molar-refractivity contribution >= 4 is 5.97 Å². The van der Waals surface area contributed by atoms with Crippen molar-refractivity contribution in [3.8, 4) is 0 Å². The third-order valence-electron chi connectivity index (χ3n) is 1.89. The number of hydrogen-bond acceptors (Lipinski definition) is 3. The molecule has 0 aromatic heterocycles. The van der Waals surface area contributed by atoms with Gasteiger partial charge in [-0.2, -0.15) is 0 Å². The summed E-state index contributed by atoms with van der Waals surface area (Å²) in [7, 11) is 3.33. The van der Waals surface area contributed by atoms with E-state index < -0.39 is 0 Å². The smallest absolute Gasteiger partial charge is 0.324 e. The Labute approximate surface area is 54.6 Å². The van der Waals surface area contributed by atoms with Crippen molar-refractivity contribution in [2.45, 2.75) is 19.0 Å². The van der Waals surface area contributed by atoms with E-state index in [1.807, 2.05) is 18.9 Å². The normalized spacial score (nSPS) is 40.1. The quantitative estimate of drug-likeness (QED) is 0.364. The van der Waals surface area contributed by atoms with Gasteiger partial charge in [-0.15, -0.1) is 0 Å². The fraction of sp³-hybridized carbons (Fsp3) is 0.833. The van der Waals surface area contributed by atoms with E-state index in [2.05, 4.69) is 4.74 Å². The Kier molecular flexibility index (Phi) is 1.45. The maximum atomic E-state index is 10.7. The van der Waals surface area contributed by atoms with Crippen LogP contribution in [0.3, 0.4) is 0 Å². The van der Waals surface area contributed by atoms with Crippen LogP contribution in [0.4, 0.5) is 0 Å². The lowest BCUT2D eigenvalue weighted by atomic mass is 10.3. The summed E-state index contributed by atoms with van der Waals surface area (Å²) in [6.45, 7) is 2.00. The molecule has 0 bridgehead atoms. The number of methoxy groups -OCH3 is 1. The van der Waals surface area contributed by atoms with Crippen LogP contribution in [-0.4, -0.2) is 37.1 Å². The summed E-state index contributed by atoms with van der Waals surface area (Å²) in [4.78, 5) is 12.7. The summed E-state index contributed by atoms with van der Waals surface area (Å²) in [5.41, 5.74) is 0. The summed E-state index contributed by atoms with van der Waals surface area (Å²) in [6, 6.07) is 0.396. The Balaban J connectivity index is 2.40. The van der Waals surface area contributed by atoms with Crippen LogP contribution in [0.1, 0.15) is 6.92 Å². The highest BCUT2D eigenvalue weighted by Gasteiger charge is 2.47. The molecule has 0 aromatic rings. The van der Waals surface area contributed by atoms with Crippen molar-refractivity contribution in [3.63, 3.8) is 0 Å². The van der Waals surface area contributed by atoms with Gasteiger partial charge in [0, 0.05) is 6.04 Å². The number of rotatable bonds is 1. The van der Waals surface area contributed by atoms with E-state index in [1.165, 1.54) is 7.11 Å². The van der Waals surface area contributed by atoms with E-state index in [4.69, 9.17) is 0 Å². The number of likely N-dealkylation sites (N-methyl/N-ethyl adjacent to an activating group) is 1. The molecule has 0 N–H and O–H groups in total. The van der Waals surface area contributed by atoms with Crippen molar-refractivity contribution < 1.29 is 9.53 Å². The molecule has 0 spiro atoms. The van der Waals surface area contributed by atoms with E-state index in [9.17, 15) is 4.79 Å². The first-order valence-electron chi connectivity index (χ1n) is 2.98. The fourth-order valence-corrected chi connectivity index (χ4v) is 0.978. The molecular weight excluding hydrogens is 118 g/mol. The summed E-state index contributed by atoms with van der Waals surface area (Å²) >= 11 is 0. The van der Waals surface area contributed by atoms with Gasteiger partial charge in [-0.3, -0.25) is 9.69 Å². The van der Waals surface area contributed by atoms with Crippen molar-refractivity contribution in [3.05, 3.63) is 0 Å². The first-order valence-corrected chi connectivity index (χ1v) is 2.98. The minimum atomic E-state index is -0.120. The second-order valence-electron chi connectivity index (χ2n) is 2.37. The minimum Gasteiger partial charge on any atom is -0.468 e. The Hall–Kier alpha value is -0.570. The molecule has 0 aliphatic carbocycles. The van der Waals surface area contributed by atoms with Crippen LogP contribution < -0.4 is 0 Å².